The molecule has 0 saturated heterocycles. The van der Waals surface area contributed by atoms with Crippen LogP contribution in [0, 0.1) is 0 Å². The van der Waals surface area contributed by atoms with Crippen molar-refractivity contribution < 1.29 is 4.79 Å². The minimum Gasteiger partial charge on any atom is -0.355 e. The second kappa shape index (κ2) is 4.60. The Kier molecular flexibility index (Phi) is 4.50. The molecule has 0 aromatic carbocycles. The lowest BCUT2D eigenvalue weighted by molar-refractivity contribution is -0.123. The zero-order chi connectivity index (χ0) is 8.91. The highest BCUT2D eigenvalue weighted by molar-refractivity contribution is 6.34. The Labute approximate surface area is 73.3 Å². The van der Waals surface area contributed by atoms with Crippen LogP contribution in [0.5, 0.6) is 0 Å². The Bertz CT molecular complexity index is 134. The minimum atomic E-state index is -0.727. The fourth-order valence-electron chi connectivity index (χ4n) is 0.583. The topological polar surface area (TPSA) is 29.1 Å². The van der Waals surface area contributed by atoms with Gasteiger partial charge in [0, 0.05) is 6.54 Å². The van der Waals surface area contributed by atoms with E-state index in [4.69, 9.17) is 11.6 Å². The van der Waals surface area contributed by atoms with Crippen LogP contribution in [-0.4, -0.2) is 17.3 Å². The largest absolute Gasteiger partial charge is 0.355 e. The molecule has 0 bridgehead atoms. The number of carbonyl (C=O) groups is 1. The van der Waals surface area contributed by atoms with Crippen LogP contribution < -0.4 is 5.32 Å². The monoisotopic (exact) mass is 177 g/mol. The maximum absolute atomic E-state index is 11.2. The van der Waals surface area contributed by atoms with E-state index in [9.17, 15) is 4.79 Å². The molecule has 2 nitrogen and oxygen atoms in total. The van der Waals surface area contributed by atoms with Gasteiger partial charge in [-0.25, -0.2) is 0 Å². The molecule has 1 atom stereocenters. The Hall–Kier alpha value is -0.240. The van der Waals surface area contributed by atoms with E-state index in [1.165, 1.54) is 0 Å². The van der Waals surface area contributed by atoms with Gasteiger partial charge in [0.05, 0.1) is 0 Å². The third kappa shape index (κ3) is 3.61. The lowest BCUT2D eigenvalue weighted by atomic mass is 10.1. The van der Waals surface area contributed by atoms with Crippen LogP contribution in [0.3, 0.4) is 0 Å². The molecule has 0 aromatic rings. The number of hydrogen-bond donors (Lipinski definition) is 1. The maximum Gasteiger partial charge on any atom is 0.240 e. The first-order valence-corrected chi connectivity index (χ1v) is 4.39. The zero-order valence-corrected chi connectivity index (χ0v) is 8.16. The smallest absolute Gasteiger partial charge is 0.240 e. The summed E-state index contributed by atoms with van der Waals surface area (Å²) in [5, 5.41) is 2.75. The maximum atomic E-state index is 11.2. The highest BCUT2D eigenvalue weighted by atomic mass is 35.5. The molecule has 0 heterocycles. The van der Waals surface area contributed by atoms with Crippen molar-refractivity contribution in [3.63, 3.8) is 0 Å². The molecule has 0 aromatic heterocycles. The van der Waals surface area contributed by atoms with Gasteiger partial charge in [-0.15, -0.1) is 11.6 Å². The molecule has 1 N–H and O–H groups in total. The Morgan fingerprint density at radius 1 is 1.55 bits per heavy atom. The summed E-state index contributed by atoms with van der Waals surface area (Å²) in [7, 11) is 0. The van der Waals surface area contributed by atoms with Crippen molar-refractivity contribution in [2.45, 2.75) is 38.5 Å². The summed E-state index contributed by atoms with van der Waals surface area (Å²) in [6.07, 6.45) is 1.60. The van der Waals surface area contributed by atoms with Crippen LogP contribution in [0.25, 0.3) is 0 Å². The van der Waals surface area contributed by atoms with Gasteiger partial charge < -0.3 is 5.32 Å². The van der Waals surface area contributed by atoms with Crippen LogP contribution in [-0.2, 0) is 4.79 Å². The molecule has 0 aliphatic rings. The van der Waals surface area contributed by atoms with E-state index in [0.717, 1.165) is 6.42 Å². The van der Waals surface area contributed by atoms with Gasteiger partial charge in [-0.1, -0.05) is 13.8 Å². The summed E-state index contributed by atoms with van der Waals surface area (Å²) in [6, 6.07) is 0. The molecule has 1 amide bonds. The highest BCUT2D eigenvalue weighted by Gasteiger charge is 2.27. The fourth-order valence-corrected chi connectivity index (χ4v) is 0.650. The second-order valence-corrected chi connectivity index (χ2v) is 3.64. The van der Waals surface area contributed by atoms with E-state index < -0.39 is 4.87 Å². The summed E-state index contributed by atoms with van der Waals surface area (Å²) in [5.41, 5.74) is 0. The van der Waals surface area contributed by atoms with Crippen molar-refractivity contribution in [2.75, 3.05) is 6.54 Å². The van der Waals surface area contributed by atoms with E-state index in [1.54, 1.807) is 6.92 Å². The molecule has 0 aliphatic carbocycles. The molecule has 0 fully saturated rings. The summed E-state index contributed by atoms with van der Waals surface area (Å²) in [4.78, 5) is 10.5. The van der Waals surface area contributed by atoms with Gasteiger partial charge in [-0.2, -0.15) is 0 Å². The van der Waals surface area contributed by atoms with Gasteiger partial charge in [0.15, 0.2) is 0 Å². The predicted octanol–water partition coefficient (Wildman–Crippen LogP) is 1.92. The Balaban J connectivity index is 3.82. The van der Waals surface area contributed by atoms with Crippen molar-refractivity contribution >= 4 is 17.5 Å². The molecule has 0 rings (SSSR count). The molecular formula is C8H16ClNO. The standard InChI is InChI=1S/C8H16ClNO/c1-4-6-10-7(11)8(3,9)5-2/h4-6H2,1-3H3,(H,10,11). The van der Waals surface area contributed by atoms with Crippen LogP contribution in [0.4, 0.5) is 0 Å². The molecular weight excluding hydrogens is 162 g/mol. The van der Waals surface area contributed by atoms with Gasteiger partial charge in [0.2, 0.25) is 5.91 Å². The van der Waals surface area contributed by atoms with Crippen molar-refractivity contribution in [1.82, 2.24) is 5.32 Å². The van der Waals surface area contributed by atoms with Crippen molar-refractivity contribution in [1.29, 1.82) is 0 Å². The van der Waals surface area contributed by atoms with Crippen molar-refractivity contribution in [3.8, 4) is 0 Å². The summed E-state index contributed by atoms with van der Waals surface area (Å²) < 4.78 is 0. The van der Waals surface area contributed by atoms with Crippen LogP contribution in [0.2, 0.25) is 0 Å². The van der Waals surface area contributed by atoms with Crippen molar-refractivity contribution in [3.05, 3.63) is 0 Å². The SMILES string of the molecule is CCCNC(=O)C(C)(Cl)CC. The fraction of sp³-hybridized carbons (Fsp3) is 0.875. The van der Waals surface area contributed by atoms with E-state index in [0.29, 0.717) is 13.0 Å². The molecule has 0 aliphatic heterocycles. The quantitative estimate of drug-likeness (QED) is 0.654. The van der Waals surface area contributed by atoms with E-state index in [2.05, 4.69) is 5.32 Å². The third-order valence-electron chi connectivity index (χ3n) is 1.67. The van der Waals surface area contributed by atoms with Crippen LogP contribution >= 0.6 is 11.6 Å². The average molecular weight is 178 g/mol. The molecule has 11 heavy (non-hydrogen) atoms. The number of carbonyl (C=O) groups excluding carboxylic acids is 1. The lowest BCUT2D eigenvalue weighted by Crippen LogP contribution is -2.40. The van der Waals surface area contributed by atoms with E-state index >= 15 is 0 Å². The summed E-state index contributed by atoms with van der Waals surface area (Å²) in [6.45, 7) is 6.36. The van der Waals surface area contributed by atoms with Gasteiger partial charge in [-0.05, 0) is 19.8 Å². The molecule has 0 spiro atoms. The van der Waals surface area contributed by atoms with Crippen molar-refractivity contribution in [2.24, 2.45) is 0 Å². The van der Waals surface area contributed by atoms with Gasteiger partial charge in [0.1, 0.15) is 4.87 Å². The lowest BCUT2D eigenvalue weighted by Gasteiger charge is -2.18. The zero-order valence-electron chi connectivity index (χ0n) is 7.41. The first-order valence-electron chi connectivity index (χ1n) is 4.01. The summed E-state index contributed by atoms with van der Waals surface area (Å²) >= 11 is 5.89. The third-order valence-corrected chi connectivity index (χ3v) is 2.11. The molecule has 66 valence electrons. The average Bonchev–Trinajstić information content (AvgIpc) is 2.00. The molecule has 0 radical (unpaired) electrons. The molecule has 3 heteroatoms. The number of amides is 1. The first-order chi connectivity index (χ1) is 5.04. The number of alkyl halides is 1. The van der Waals surface area contributed by atoms with Gasteiger partial charge in [-0.3, -0.25) is 4.79 Å². The number of nitrogens with one attached hydrogen (secondary N) is 1. The highest BCUT2D eigenvalue weighted by Crippen LogP contribution is 2.18. The second-order valence-electron chi connectivity index (χ2n) is 2.81. The van der Waals surface area contributed by atoms with Crippen LogP contribution in [0.1, 0.15) is 33.6 Å². The Morgan fingerprint density at radius 2 is 2.09 bits per heavy atom. The Morgan fingerprint density at radius 3 is 2.45 bits per heavy atom. The normalized spacial score (nSPS) is 15.6. The molecule has 1 unspecified atom stereocenters. The van der Waals surface area contributed by atoms with Gasteiger partial charge >= 0.3 is 0 Å². The van der Waals surface area contributed by atoms with Gasteiger partial charge in [0.25, 0.3) is 0 Å². The predicted molar refractivity (Wildman–Crippen MR) is 47.8 cm³/mol. The van der Waals surface area contributed by atoms with E-state index in [-0.39, 0.29) is 5.91 Å². The van der Waals surface area contributed by atoms with E-state index in [1.807, 2.05) is 13.8 Å². The number of hydrogen-bond acceptors (Lipinski definition) is 1. The number of halogens is 1. The minimum absolute atomic E-state index is 0.0662. The first kappa shape index (κ1) is 10.8. The van der Waals surface area contributed by atoms with Crippen LogP contribution in [0.15, 0.2) is 0 Å². The summed E-state index contributed by atoms with van der Waals surface area (Å²) in [5.74, 6) is -0.0662. The number of rotatable bonds is 4. The molecule has 0 saturated carbocycles.